The molecule has 23 heavy (non-hydrogen) atoms. The van der Waals surface area contributed by atoms with Crippen molar-refractivity contribution in [3.63, 3.8) is 0 Å². The van der Waals surface area contributed by atoms with E-state index in [1.54, 1.807) is 14.2 Å². The molecule has 1 amide bonds. The van der Waals surface area contributed by atoms with Crippen LogP contribution in [0, 0.1) is 0 Å². The molecule has 2 heterocycles. The number of nitrogens with zero attached hydrogens (tertiary/aromatic N) is 1. The zero-order valence-electron chi connectivity index (χ0n) is 13.7. The van der Waals surface area contributed by atoms with Gasteiger partial charge in [0.2, 0.25) is 0 Å². The number of amides is 1. The van der Waals surface area contributed by atoms with Crippen LogP contribution in [0.1, 0.15) is 11.1 Å². The van der Waals surface area contributed by atoms with Gasteiger partial charge in [-0.05, 0) is 36.1 Å². The molecule has 6 nitrogen and oxygen atoms in total. The van der Waals surface area contributed by atoms with Crippen LogP contribution < -0.4 is 9.47 Å². The molecule has 1 aromatic rings. The molecular formula is C17H23NO5. The van der Waals surface area contributed by atoms with Gasteiger partial charge in [-0.15, -0.1) is 0 Å². The molecule has 1 atom stereocenters. The van der Waals surface area contributed by atoms with E-state index in [0.29, 0.717) is 32.9 Å². The maximum absolute atomic E-state index is 12.6. The predicted molar refractivity (Wildman–Crippen MR) is 84.1 cm³/mol. The van der Waals surface area contributed by atoms with Crippen LogP contribution in [0.4, 0.5) is 0 Å². The Labute approximate surface area is 136 Å². The summed E-state index contributed by atoms with van der Waals surface area (Å²) in [5.74, 6) is 1.49. The van der Waals surface area contributed by atoms with Crippen molar-refractivity contribution in [1.82, 2.24) is 4.90 Å². The molecule has 0 N–H and O–H groups in total. The van der Waals surface area contributed by atoms with E-state index in [0.717, 1.165) is 24.3 Å². The van der Waals surface area contributed by atoms with Gasteiger partial charge in [-0.3, -0.25) is 4.79 Å². The number of ether oxygens (including phenoxy) is 4. The van der Waals surface area contributed by atoms with Crippen molar-refractivity contribution in [1.29, 1.82) is 0 Å². The molecule has 0 bridgehead atoms. The van der Waals surface area contributed by atoms with Crippen LogP contribution >= 0.6 is 0 Å². The highest BCUT2D eigenvalue weighted by Crippen LogP contribution is 2.32. The van der Waals surface area contributed by atoms with Crippen LogP contribution in [-0.4, -0.2) is 64.0 Å². The molecule has 6 heteroatoms. The summed E-state index contributed by atoms with van der Waals surface area (Å²) in [6, 6.07) is 4.03. The molecule has 1 saturated heterocycles. The average Bonchev–Trinajstić information content (AvgIpc) is 2.82. The number of benzene rings is 1. The summed E-state index contributed by atoms with van der Waals surface area (Å²) >= 11 is 0. The van der Waals surface area contributed by atoms with Crippen LogP contribution in [-0.2, 0) is 27.1 Å². The van der Waals surface area contributed by atoms with Gasteiger partial charge in [0.1, 0.15) is 0 Å². The topological polar surface area (TPSA) is 57.2 Å². The summed E-state index contributed by atoms with van der Waals surface area (Å²) in [5, 5.41) is 0. The van der Waals surface area contributed by atoms with Gasteiger partial charge in [0.15, 0.2) is 17.6 Å². The molecule has 0 saturated carbocycles. The van der Waals surface area contributed by atoms with Crippen LogP contribution in [0.25, 0.3) is 0 Å². The SMILES string of the molecule is COc1cc2c(cc1OC)CCN(C(=O)[C@H]1COCCO1)CC2. The molecule has 1 fully saturated rings. The smallest absolute Gasteiger partial charge is 0.254 e. The first-order valence-electron chi connectivity index (χ1n) is 7.95. The molecule has 0 spiro atoms. The van der Waals surface area contributed by atoms with Crippen molar-refractivity contribution in [2.75, 3.05) is 47.1 Å². The standard InChI is InChI=1S/C17H23NO5/c1-20-14-9-12-3-5-18(6-4-13(12)10-15(14)21-2)17(19)16-11-22-7-8-23-16/h9-10,16H,3-8,11H2,1-2H3/t16-/m1/s1. The highest BCUT2D eigenvalue weighted by molar-refractivity contribution is 5.81. The van der Waals surface area contributed by atoms with Gasteiger partial charge in [-0.25, -0.2) is 0 Å². The maximum Gasteiger partial charge on any atom is 0.254 e. The fourth-order valence-electron chi connectivity index (χ4n) is 3.11. The lowest BCUT2D eigenvalue weighted by Gasteiger charge is -2.28. The summed E-state index contributed by atoms with van der Waals surface area (Å²) < 4.78 is 21.6. The molecule has 0 radical (unpaired) electrons. The van der Waals surface area contributed by atoms with Gasteiger partial charge in [-0.2, -0.15) is 0 Å². The molecule has 2 aliphatic heterocycles. The van der Waals surface area contributed by atoms with Gasteiger partial charge in [-0.1, -0.05) is 0 Å². The van der Waals surface area contributed by atoms with Crippen molar-refractivity contribution in [2.24, 2.45) is 0 Å². The van der Waals surface area contributed by atoms with E-state index in [1.165, 1.54) is 11.1 Å². The third kappa shape index (κ3) is 3.43. The van der Waals surface area contributed by atoms with Crippen LogP contribution in [0.3, 0.4) is 0 Å². The molecule has 0 aromatic heterocycles. The number of hydrogen-bond donors (Lipinski definition) is 0. The third-order valence-corrected chi connectivity index (χ3v) is 4.41. The quantitative estimate of drug-likeness (QED) is 0.833. The van der Waals surface area contributed by atoms with E-state index in [2.05, 4.69) is 0 Å². The van der Waals surface area contributed by atoms with E-state index < -0.39 is 6.10 Å². The minimum atomic E-state index is -0.464. The number of methoxy groups -OCH3 is 2. The van der Waals surface area contributed by atoms with Crippen molar-refractivity contribution in [2.45, 2.75) is 18.9 Å². The molecule has 3 rings (SSSR count). The fourth-order valence-corrected chi connectivity index (χ4v) is 3.11. The molecular weight excluding hydrogens is 298 g/mol. The second-order valence-electron chi connectivity index (χ2n) is 5.74. The van der Waals surface area contributed by atoms with Crippen LogP contribution in [0.5, 0.6) is 11.5 Å². The summed E-state index contributed by atoms with van der Waals surface area (Å²) in [7, 11) is 3.27. The Balaban J connectivity index is 1.73. The Bertz CT molecular complexity index is 533. The number of hydrogen-bond acceptors (Lipinski definition) is 5. The third-order valence-electron chi connectivity index (χ3n) is 4.41. The van der Waals surface area contributed by atoms with Crippen LogP contribution in [0.2, 0.25) is 0 Å². The van der Waals surface area contributed by atoms with Gasteiger partial charge >= 0.3 is 0 Å². The lowest BCUT2D eigenvalue weighted by Crippen LogP contribution is -2.46. The summed E-state index contributed by atoms with van der Waals surface area (Å²) in [6.45, 7) is 2.76. The number of carbonyl (C=O) groups is 1. The molecule has 1 aromatic carbocycles. The first-order valence-corrected chi connectivity index (χ1v) is 7.95. The summed E-state index contributed by atoms with van der Waals surface area (Å²) in [4.78, 5) is 14.4. The molecule has 2 aliphatic rings. The summed E-state index contributed by atoms with van der Waals surface area (Å²) in [5.41, 5.74) is 2.41. The average molecular weight is 321 g/mol. The van der Waals surface area contributed by atoms with Crippen molar-refractivity contribution in [3.8, 4) is 11.5 Å². The normalized spacial score (nSPS) is 21.3. The van der Waals surface area contributed by atoms with Gasteiger partial charge in [0.05, 0.1) is 34.0 Å². The zero-order chi connectivity index (χ0) is 16.2. The Hall–Kier alpha value is -1.79. The van der Waals surface area contributed by atoms with Gasteiger partial charge < -0.3 is 23.8 Å². The van der Waals surface area contributed by atoms with E-state index in [-0.39, 0.29) is 5.91 Å². The number of rotatable bonds is 3. The Morgan fingerprint density at radius 1 is 1.09 bits per heavy atom. The second kappa shape index (κ2) is 7.19. The van der Waals surface area contributed by atoms with Gasteiger partial charge in [0, 0.05) is 13.1 Å². The van der Waals surface area contributed by atoms with Crippen molar-refractivity contribution >= 4 is 5.91 Å². The van der Waals surface area contributed by atoms with E-state index in [9.17, 15) is 4.79 Å². The molecule has 0 unspecified atom stereocenters. The zero-order valence-corrected chi connectivity index (χ0v) is 13.7. The fraction of sp³-hybridized carbons (Fsp3) is 0.588. The molecule has 126 valence electrons. The monoisotopic (exact) mass is 321 g/mol. The Morgan fingerprint density at radius 2 is 1.70 bits per heavy atom. The Kier molecular flexibility index (Phi) is 5.03. The van der Waals surface area contributed by atoms with Crippen molar-refractivity contribution < 1.29 is 23.7 Å². The largest absolute Gasteiger partial charge is 0.493 e. The van der Waals surface area contributed by atoms with E-state index in [1.807, 2.05) is 17.0 Å². The van der Waals surface area contributed by atoms with Crippen LogP contribution in [0.15, 0.2) is 12.1 Å². The first kappa shape index (κ1) is 16.1. The summed E-state index contributed by atoms with van der Waals surface area (Å²) in [6.07, 6.45) is 1.14. The van der Waals surface area contributed by atoms with Gasteiger partial charge in [0.25, 0.3) is 5.91 Å². The minimum absolute atomic E-state index is 0.0245. The lowest BCUT2D eigenvalue weighted by molar-refractivity contribution is -0.157. The number of fused-ring (bicyclic) bond motifs is 1. The minimum Gasteiger partial charge on any atom is -0.493 e. The second-order valence-corrected chi connectivity index (χ2v) is 5.74. The highest BCUT2D eigenvalue weighted by Gasteiger charge is 2.29. The van der Waals surface area contributed by atoms with Crippen molar-refractivity contribution in [3.05, 3.63) is 23.3 Å². The maximum atomic E-state index is 12.6. The lowest BCUT2D eigenvalue weighted by atomic mass is 10.0. The highest BCUT2D eigenvalue weighted by atomic mass is 16.6. The van der Waals surface area contributed by atoms with E-state index in [4.69, 9.17) is 18.9 Å². The molecule has 0 aliphatic carbocycles. The predicted octanol–water partition coefficient (Wildman–Crippen LogP) is 1.05. The number of carbonyl (C=O) groups excluding carboxylic acids is 1. The Morgan fingerprint density at radius 3 is 2.17 bits per heavy atom. The van der Waals surface area contributed by atoms with E-state index >= 15 is 0 Å². The first-order chi connectivity index (χ1) is 11.2.